The minimum Gasteiger partial charge on any atom is -0.345 e. The molecule has 0 aromatic heterocycles. The van der Waals surface area contributed by atoms with E-state index in [-0.39, 0.29) is 23.1 Å². The third-order valence-electron chi connectivity index (χ3n) is 5.65. The zero-order chi connectivity index (χ0) is 20.8. The number of nitrogens with one attached hydrogen (secondary N) is 1. The highest BCUT2D eigenvalue weighted by Gasteiger charge is 2.26. The van der Waals surface area contributed by atoms with Gasteiger partial charge in [-0.2, -0.15) is 0 Å². The summed E-state index contributed by atoms with van der Waals surface area (Å²) in [6.45, 7) is 5.22. The van der Waals surface area contributed by atoms with Crippen LogP contribution in [0.15, 0.2) is 48.5 Å². The van der Waals surface area contributed by atoms with Gasteiger partial charge in [-0.3, -0.25) is 14.9 Å². The van der Waals surface area contributed by atoms with Crippen LogP contribution in [0.1, 0.15) is 48.1 Å². The summed E-state index contributed by atoms with van der Waals surface area (Å²) in [7, 11) is 0. The van der Waals surface area contributed by atoms with Gasteiger partial charge in [0.1, 0.15) is 11.4 Å². The van der Waals surface area contributed by atoms with E-state index in [0.29, 0.717) is 5.92 Å². The van der Waals surface area contributed by atoms with Crippen LogP contribution >= 0.6 is 0 Å². The maximum Gasteiger partial charge on any atom is 0.282 e. The molecule has 0 bridgehead atoms. The van der Waals surface area contributed by atoms with Gasteiger partial charge in [0.05, 0.1) is 11.0 Å². The minimum absolute atomic E-state index is 0.0328. The molecule has 0 aliphatic carbocycles. The van der Waals surface area contributed by atoms with E-state index in [1.807, 2.05) is 0 Å². The molecule has 1 aliphatic rings. The monoisotopic (exact) mass is 399 g/mol. The SMILES string of the molecule is CCN1CCC(CC(NC(=O)c2ccccc2[N+](=O)[O-])c2ccc(F)cc2)CC1. The van der Waals surface area contributed by atoms with Crippen molar-refractivity contribution in [1.29, 1.82) is 0 Å². The molecular formula is C22H26FN3O3. The number of likely N-dealkylation sites (tertiary alicyclic amines) is 1. The number of nitrogens with zero attached hydrogens (tertiary/aromatic N) is 2. The lowest BCUT2D eigenvalue weighted by Crippen LogP contribution is -2.36. The first-order chi connectivity index (χ1) is 14.0. The molecule has 1 atom stereocenters. The summed E-state index contributed by atoms with van der Waals surface area (Å²) in [4.78, 5) is 26.0. The van der Waals surface area contributed by atoms with Gasteiger partial charge in [0, 0.05) is 6.07 Å². The number of hydrogen-bond donors (Lipinski definition) is 1. The molecule has 2 aromatic rings. The van der Waals surface area contributed by atoms with E-state index >= 15 is 0 Å². The van der Waals surface area contributed by atoms with Gasteiger partial charge in [-0.05, 0) is 68.6 Å². The Bertz CT molecular complexity index is 849. The first kappa shape index (κ1) is 20.9. The van der Waals surface area contributed by atoms with Crippen LogP contribution < -0.4 is 5.32 Å². The maximum atomic E-state index is 13.4. The van der Waals surface area contributed by atoms with Crippen LogP contribution in [0.3, 0.4) is 0 Å². The lowest BCUT2D eigenvalue weighted by Gasteiger charge is -2.33. The third kappa shape index (κ3) is 5.38. The fourth-order valence-corrected chi connectivity index (χ4v) is 3.91. The van der Waals surface area contributed by atoms with Gasteiger partial charge in [0.25, 0.3) is 11.6 Å². The minimum atomic E-state index is -0.553. The third-order valence-corrected chi connectivity index (χ3v) is 5.65. The van der Waals surface area contributed by atoms with E-state index in [1.165, 1.54) is 30.3 Å². The summed E-state index contributed by atoms with van der Waals surface area (Å²) < 4.78 is 13.4. The molecule has 1 saturated heterocycles. The second kappa shape index (κ2) is 9.60. The van der Waals surface area contributed by atoms with Crippen molar-refractivity contribution < 1.29 is 14.1 Å². The molecule has 29 heavy (non-hydrogen) atoms. The highest BCUT2D eigenvalue weighted by molar-refractivity contribution is 5.98. The number of benzene rings is 2. The van der Waals surface area contributed by atoms with Gasteiger partial charge in [0.15, 0.2) is 0 Å². The first-order valence-corrected chi connectivity index (χ1v) is 10.00. The molecule has 1 heterocycles. The average molecular weight is 399 g/mol. The molecular weight excluding hydrogens is 373 g/mol. The predicted octanol–water partition coefficient (Wildman–Crippen LogP) is 4.33. The summed E-state index contributed by atoms with van der Waals surface area (Å²) in [6, 6.07) is 11.7. The van der Waals surface area contributed by atoms with Gasteiger partial charge in [-0.25, -0.2) is 4.39 Å². The van der Waals surface area contributed by atoms with E-state index in [2.05, 4.69) is 17.1 Å². The van der Waals surface area contributed by atoms with Crippen molar-refractivity contribution in [3.05, 3.63) is 75.6 Å². The number of carbonyl (C=O) groups excluding carboxylic acids is 1. The number of nitro benzene ring substituents is 1. The molecule has 1 amide bonds. The molecule has 1 fully saturated rings. The van der Waals surface area contributed by atoms with Crippen molar-refractivity contribution in [2.24, 2.45) is 5.92 Å². The van der Waals surface area contributed by atoms with E-state index in [9.17, 15) is 19.3 Å². The molecule has 1 unspecified atom stereocenters. The Morgan fingerprint density at radius 2 is 1.86 bits per heavy atom. The number of halogens is 1. The van der Waals surface area contributed by atoms with Crippen LogP contribution in [0.25, 0.3) is 0 Å². The summed E-state index contributed by atoms with van der Waals surface area (Å²) >= 11 is 0. The summed E-state index contributed by atoms with van der Waals surface area (Å²) in [5.41, 5.74) is 0.612. The van der Waals surface area contributed by atoms with Crippen LogP contribution in [-0.2, 0) is 0 Å². The molecule has 7 heteroatoms. The van der Waals surface area contributed by atoms with Gasteiger partial charge >= 0.3 is 0 Å². The molecule has 2 aromatic carbocycles. The average Bonchev–Trinajstić information content (AvgIpc) is 2.74. The van der Waals surface area contributed by atoms with E-state index in [4.69, 9.17) is 0 Å². The normalized spacial score (nSPS) is 16.3. The van der Waals surface area contributed by atoms with E-state index in [1.54, 1.807) is 18.2 Å². The Hall–Kier alpha value is -2.80. The Morgan fingerprint density at radius 3 is 2.48 bits per heavy atom. The van der Waals surface area contributed by atoms with Crippen LogP contribution in [0.4, 0.5) is 10.1 Å². The lowest BCUT2D eigenvalue weighted by atomic mass is 9.87. The van der Waals surface area contributed by atoms with Crippen LogP contribution in [-0.4, -0.2) is 35.4 Å². The van der Waals surface area contributed by atoms with E-state index in [0.717, 1.165) is 44.5 Å². The Kier molecular flexibility index (Phi) is 6.93. The molecule has 6 nitrogen and oxygen atoms in total. The zero-order valence-electron chi connectivity index (χ0n) is 16.5. The number of nitro groups is 1. The van der Waals surface area contributed by atoms with Gasteiger partial charge in [0.2, 0.25) is 0 Å². The maximum absolute atomic E-state index is 13.4. The van der Waals surface area contributed by atoms with Gasteiger partial charge in [-0.1, -0.05) is 31.2 Å². The first-order valence-electron chi connectivity index (χ1n) is 10.00. The number of hydrogen-bond acceptors (Lipinski definition) is 4. The van der Waals surface area contributed by atoms with Gasteiger partial charge < -0.3 is 10.2 Å². The topological polar surface area (TPSA) is 75.5 Å². The molecule has 0 radical (unpaired) electrons. The molecule has 154 valence electrons. The molecule has 0 saturated carbocycles. The number of para-hydroxylation sites is 1. The van der Waals surface area contributed by atoms with E-state index < -0.39 is 10.8 Å². The molecule has 1 N–H and O–H groups in total. The standard InChI is InChI=1S/C22H26FN3O3/c1-2-25-13-11-16(12-14-25)15-20(17-7-9-18(23)10-8-17)24-22(27)19-5-3-4-6-21(19)26(28)29/h3-10,16,20H,2,11-15H2,1H3,(H,24,27). The smallest absolute Gasteiger partial charge is 0.282 e. The Morgan fingerprint density at radius 1 is 1.21 bits per heavy atom. The second-order valence-corrected chi connectivity index (χ2v) is 7.47. The number of carbonyl (C=O) groups is 1. The number of rotatable bonds is 7. The fraction of sp³-hybridized carbons (Fsp3) is 0.409. The highest BCUT2D eigenvalue weighted by atomic mass is 19.1. The lowest BCUT2D eigenvalue weighted by molar-refractivity contribution is -0.385. The Labute approximate surface area is 169 Å². The van der Waals surface area contributed by atoms with Crippen molar-refractivity contribution in [3.63, 3.8) is 0 Å². The van der Waals surface area contributed by atoms with Gasteiger partial charge in [-0.15, -0.1) is 0 Å². The van der Waals surface area contributed by atoms with Crippen molar-refractivity contribution in [2.45, 2.75) is 32.2 Å². The number of amides is 1. The molecule has 1 aliphatic heterocycles. The molecule has 3 rings (SSSR count). The largest absolute Gasteiger partial charge is 0.345 e. The van der Waals surface area contributed by atoms with Crippen LogP contribution in [0.2, 0.25) is 0 Å². The quantitative estimate of drug-likeness (QED) is 0.556. The Balaban J connectivity index is 1.79. The van der Waals surface area contributed by atoms with Crippen molar-refractivity contribution in [1.82, 2.24) is 10.2 Å². The van der Waals surface area contributed by atoms with Crippen molar-refractivity contribution >= 4 is 11.6 Å². The van der Waals surface area contributed by atoms with Crippen LogP contribution in [0.5, 0.6) is 0 Å². The summed E-state index contributed by atoms with van der Waals surface area (Å²) in [5.74, 6) is -0.398. The highest BCUT2D eigenvalue weighted by Crippen LogP contribution is 2.29. The second-order valence-electron chi connectivity index (χ2n) is 7.47. The fourth-order valence-electron chi connectivity index (χ4n) is 3.91. The van der Waals surface area contributed by atoms with Crippen molar-refractivity contribution in [2.75, 3.05) is 19.6 Å². The predicted molar refractivity (Wildman–Crippen MR) is 109 cm³/mol. The van der Waals surface area contributed by atoms with Crippen LogP contribution in [0, 0.1) is 21.8 Å². The van der Waals surface area contributed by atoms with Crippen molar-refractivity contribution in [3.8, 4) is 0 Å². The zero-order valence-corrected chi connectivity index (χ0v) is 16.5. The summed E-state index contributed by atoms with van der Waals surface area (Å²) in [6.07, 6.45) is 2.79. The summed E-state index contributed by atoms with van der Waals surface area (Å²) in [5, 5.41) is 14.2. The molecule has 0 spiro atoms. The number of piperidine rings is 1.